The zero-order valence-electron chi connectivity index (χ0n) is 15.4. The Morgan fingerprint density at radius 3 is 2.62 bits per heavy atom. The summed E-state index contributed by atoms with van der Waals surface area (Å²) < 4.78 is 28.0. The van der Waals surface area contributed by atoms with Crippen LogP contribution in [0.2, 0.25) is 0 Å². The molecule has 1 N–H and O–H groups in total. The van der Waals surface area contributed by atoms with Crippen LogP contribution in [-0.2, 0) is 15.8 Å². The molecule has 0 amide bonds. The van der Waals surface area contributed by atoms with E-state index in [4.69, 9.17) is 0 Å². The number of benzene rings is 1. The second-order valence-electron chi connectivity index (χ2n) is 7.01. The quantitative estimate of drug-likeness (QED) is 0.785. The van der Waals surface area contributed by atoms with Crippen LogP contribution in [0.15, 0.2) is 41.1 Å². The monoisotopic (exact) mass is 393 g/mol. The summed E-state index contributed by atoms with van der Waals surface area (Å²) in [5, 5.41) is 4.18. The molecule has 0 saturated carbocycles. The number of nitrogens with one attached hydrogen (secondary N) is 1. The molecule has 0 bridgehead atoms. The van der Waals surface area contributed by atoms with E-state index in [0.29, 0.717) is 6.54 Å². The molecule has 1 fully saturated rings. The van der Waals surface area contributed by atoms with Gasteiger partial charge in [-0.05, 0) is 41.9 Å². The highest BCUT2D eigenvalue weighted by molar-refractivity contribution is 7.88. The molecule has 0 aliphatic carbocycles. The minimum absolute atomic E-state index is 0.0216. The first kappa shape index (κ1) is 19.5. The maximum absolute atomic E-state index is 12.6. The van der Waals surface area contributed by atoms with Gasteiger partial charge in [0.25, 0.3) is 0 Å². The average molecular weight is 394 g/mol. The Morgan fingerprint density at radius 1 is 1.19 bits per heavy atom. The first-order valence-corrected chi connectivity index (χ1v) is 11.5. The van der Waals surface area contributed by atoms with Crippen molar-refractivity contribution in [2.75, 3.05) is 39.8 Å². The summed E-state index contributed by atoms with van der Waals surface area (Å²) in [6, 6.07) is 9.85. The Labute approximate surface area is 160 Å². The number of rotatable bonds is 7. The molecule has 1 saturated heterocycles. The van der Waals surface area contributed by atoms with E-state index in [0.717, 1.165) is 37.3 Å². The highest BCUT2D eigenvalue weighted by Gasteiger charge is 2.25. The van der Waals surface area contributed by atoms with Gasteiger partial charge in [0.1, 0.15) is 0 Å². The largest absolute Gasteiger partial charge is 0.304 e. The normalized spacial score (nSPS) is 18.1. The average Bonchev–Trinajstić information content (AvgIpc) is 3.10. The summed E-state index contributed by atoms with van der Waals surface area (Å²) in [4.78, 5) is 4.69. The number of nitrogens with zero attached hydrogens (tertiary/aromatic N) is 2. The summed E-state index contributed by atoms with van der Waals surface area (Å²) >= 11 is 1.66. The zero-order valence-corrected chi connectivity index (χ0v) is 17.0. The molecule has 1 atom stereocenters. The lowest BCUT2D eigenvalue weighted by atomic mass is 10.1. The standard InChI is InChI=1S/C19H27N3O2S2/c1-16-4-3-5-17(12-16)15-26(23,24)20-13-19(18-6-11-25-14-18)22-9-7-21(2)8-10-22/h3-6,11-12,14,19-20H,7-10,13,15H2,1-2H3. The topological polar surface area (TPSA) is 52.7 Å². The molecular formula is C19H27N3O2S2. The van der Waals surface area contributed by atoms with Gasteiger partial charge in [-0.2, -0.15) is 11.3 Å². The molecule has 7 heteroatoms. The molecule has 3 rings (SSSR count). The second-order valence-corrected chi connectivity index (χ2v) is 9.60. The molecular weight excluding hydrogens is 366 g/mol. The molecule has 26 heavy (non-hydrogen) atoms. The highest BCUT2D eigenvalue weighted by Crippen LogP contribution is 2.24. The van der Waals surface area contributed by atoms with E-state index in [2.05, 4.69) is 38.4 Å². The van der Waals surface area contributed by atoms with Gasteiger partial charge < -0.3 is 4.90 Å². The summed E-state index contributed by atoms with van der Waals surface area (Å²) in [5.41, 5.74) is 3.09. The van der Waals surface area contributed by atoms with Crippen molar-refractivity contribution in [2.24, 2.45) is 0 Å². The lowest BCUT2D eigenvalue weighted by molar-refractivity contribution is 0.113. The number of aryl methyl sites for hydroxylation is 1. The van der Waals surface area contributed by atoms with Crippen LogP contribution in [0.4, 0.5) is 0 Å². The van der Waals surface area contributed by atoms with E-state index in [9.17, 15) is 8.42 Å². The first-order valence-electron chi connectivity index (χ1n) is 8.90. The zero-order chi connectivity index (χ0) is 18.6. The molecule has 0 radical (unpaired) electrons. The summed E-state index contributed by atoms with van der Waals surface area (Å²) in [7, 11) is -1.24. The number of likely N-dealkylation sites (N-methyl/N-ethyl adjacent to an activating group) is 1. The van der Waals surface area contributed by atoms with Gasteiger partial charge in [0, 0.05) is 38.8 Å². The van der Waals surface area contributed by atoms with Crippen LogP contribution in [0.3, 0.4) is 0 Å². The fourth-order valence-electron chi connectivity index (χ4n) is 3.33. The van der Waals surface area contributed by atoms with Crippen molar-refractivity contribution in [3.63, 3.8) is 0 Å². The van der Waals surface area contributed by atoms with Crippen molar-refractivity contribution in [1.29, 1.82) is 0 Å². The van der Waals surface area contributed by atoms with Crippen LogP contribution < -0.4 is 4.72 Å². The van der Waals surface area contributed by atoms with Gasteiger partial charge in [-0.15, -0.1) is 0 Å². The van der Waals surface area contributed by atoms with Gasteiger partial charge in [0.2, 0.25) is 10.0 Å². The van der Waals surface area contributed by atoms with E-state index >= 15 is 0 Å². The van der Waals surface area contributed by atoms with Crippen molar-refractivity contribution in [1.82, 2.24) is 14.5 Å². The minimum Gasteiger partial charge on any atom is -0.304 e. The summed E-state index contributed by atoms with van der Waals surface area (Å²) in [6.45, 7) is 6.32. The number of hydrogen-bond donors (Lipinski definition) is 1. The van der Waals surface area contributed by atoms with E-state index in [1.54, 1.807) is 11.3 Å². The Kier molecular flexibility index (Phi) is 6.47. The van der Waals surface area contributed by atoms with E-state index in [1.807, 2.05) is 31.2 Å². The van der Waals surface area contributed by atoms with Crippen LogP contribution in [0, 0.1) is 6.92 Å². The maximum Gasteiger partial charge on any atom is 0.215 e. The SMILES string of the molecule is Cc1cccc(CS(=O)(=O)NCC(c2ccsc2)N2CCN(C)CC2)c1. The third-order valence-electron chi connectivity index (χ3n) is 4.84. The van der Waals surface area contributed by atoms with Crippen molar-refractivity contribution in [3.8, 4) is 0 Å². The van der Waals surface area contributed by atoms with Crippen LogP contribution in [0.5, 0.6) is 0 Å². The van der Waals surface area contributed by atoms with E-state index in [-0.39, 0.29) is 11.8 Å². The molecule has 1 aromatic carbocycles. The molecule has 2 heterocycles. The third kappa shape index (κ3) is 5.37. The molecule has 5 nitrogen and oxygen atoms in total. The predicted octanol–water partition coefficient (Wildman–Crippen LogP) is 2.46. The smallest absolute Gasteiger partial charge is 0.215 e. The van der Waals surface area contributed by atoms with Crippen LogP contribution in [-0.4, -0.2) is 58.0 Å². The van der Waals surface area contributed by atoms with Crippen LogP contribution >= 0.6 is 11.3 Å². The van der Waals surface area contributed by atoms with Gasteiger partial charge in [0.05, 0.1) is 5.75 Å². The van der Waals surface area contributed by atoms with Gasteiger partial charge in [0.15, 0.2) is 0 Å². The van der Waals surface area contributed by atoms with Gasteiger partial charge >= 0.3 is 0 Å². The third-order valence-corrected chi connectivity index (χ3v) is 6.86. The molecule has 1 unspecified atom stereocenters. The van der Waals surface area contributed by atoms with Crippen molar-refractivity contribution < 1.29 is 8.42 Å². The molecule has 1 aliphatic rings. The second kappa shape index (κ2) is 8.63. The molecule has 2 aromatic rings. The fraction of sp³-hybridized carbons (Fsp3) is 0.474. The van der Waals surface area contributed by atoms with Gasteiger partial charge in [-0.3, -0.25) is 4.90 Å². The summed E-state index contributed by atoms with van der Waals surface area (Å²) in [6.07, 6.45) is 0. The number of hydrogen-bond acceptors (Lipinski definition) is 5. The van der Waals surface area contributed by atoms with Crippen molar-refractivity contribution >= 4 is 21.4 Å². The lowest BCUT2D eigenvalue weighted by Crippen LogP contribution is -2.48. The van der Waals surface area contributed by atoms with E-state index < -0.39 is 10.0 Å². The van der Waals surface area contributed by atoms with Crippen LogP contribution in [0.25, 0.3) is 0 Å². The Bertz CT molecular complexity index is 798. The van der Waals surface area contributed by atoms with E-state index in [1.165, 1.54) is 5.56 Å². The minimum atomic E-state index is -3.37. The molecule has 0 spiro atoms. The highest BCUT2D eigenvalue weighted by atomic mass is 32.2. The van der Waals surface area contributed by atoms with Crippen molar-refractivity contribution in [3.05, 3.63) is 57.8 Å². The Balaban J connectivity index is 1.67. The molecule has 142 valence electrons. The number of thiophene rings is 1. The molecule has 1 aliphatic heterocycles. The lowest BCUT2D eigenvalue weighted by Gasteiger charge is -2.37. The fourth-order valence-corrected chi connectivity index (χ4v) is 5.17. The van der Waals surface area contributed by atoms with Crippen molar-refractivity contribution in [2.45, 2.75) is 18.7 Å². The Hall–Kier alpha value is -1.25. The van der Waals surface area contributed by atoms with Gasteiger partial charge in [-0.1, -0.05) is 29.8 Å². The number of piperazine rings is 1. The maximum atomic E-state index is 12.6. The van der Waals surface area contributed by atoms with Gasteiger partial charge in [-0.25, -0.2) is 13.1 Å². The Morgan fingerprint density at radius 2 is 1.96 bits per heavy atom. The molecule has 1 aromatic heterocycles. The van der Waals surface area contributed by atoms with Crippen LogP contribution in [0.1, 0.15) is 22.7 Å². The first-order chi connectivity index (χ1) is 12.4. The summed E-state index contributed by atoms with van der Waals surface area (Å²) in [5.74, 6) is 0.0216. The number of sulfonamides is 1. The predicted molar refractivity (Wildman–Crippen MR) is 108 cm³/mol.